The first kappa shape index (κ1) is 28.2. The molecule has 3 aliphatic rings. The Morgan fingerprint density at radius 1 is 0.750 bits per heavy atom. The smallest absolute Gasteiger partial charge is 0.328 e. The second-order valence-electron chi connectivity index (χ2n) is 12.2. The number of anilines is 2. The lowest BCUT2D eigenvalue weighted by Crippen LogP contribution is -2.50. The van der Waals surface area contributed by atoms with Crippen molar-refractivity contribution < 1.29 is 14.7 Å². The van der Waals surface area contributed by atoms with Gasteiger partial charge in [0.05, 0.1) is 0 Å². The van der Waals surface area contributed by atoms with Gasteiger partial charge in [0, 0.05) is 63.0 Å². The van der Waals surface area contributed by atoms with E-state index < -0.39 is 0 Å². The fourth-order valence-electron chi connectivity index (χ4n) is 7.28. The average molecular weight is 587 g/mol. The molecule has 2 atom stereocenters. The SMILES string of the molecule is O=C1CCN(c2ccccc2CN2CCN(c3ccc([C@@H]4c5ccc(O)cc5CC[C@@H]4c4ccccc4)cc3)CC2)C(=O)N1. The van der Waals surface area contributed by atoms with Crippen molar-refractivity contribution in [3.05, 3.63) is 125 Å². The zero-order valence-electron chi connectivity index (χ0n) is 24.9. The highest BCUT2D eigenvalue weighted by atomic mass is 16.3. The molecule has 0 spiro atoms. The number of phenolic OH excluding ortho intramolecular Hbond substituents is 1. The summed E-state index contributed by atoms with van der Waals surface area (Å²) in [6.45, 7) is 4.88. The van der Waals surface area contributed by atoms with E-state index in [9.17, 15) is 14.7 Å². The summed E-state index contributed by atoms with van der Waals surface area (Å²) in [4.78, 5) is 30.7. The van der Waals surface area contributed by atoms with E-state index in [0.717, 1.165) is 56.8 Å². The minimum atomic E-state index is -0.341. The molecule has 44 heavy (non-hydrogen) atoms. The number of hydrogen-bond donors (Lipinski definition) is 2. The predicted molar refractivity (Wildman–Crippen MR) is 173 cm³/mol. The van der Waals surface area contributed by atoms with E-state index in [-0.39, 0.29) is 17.9 Å². The summed E-state index contributed by atoms with van der Waals surface area (Å²) < 4.78 is 0. The van der Waals surface area contributed by atoms with E-state index in [4.69, 9.17) is 0 Å². The van der Waals surface area contributed by atoms with Gasteiger partial charge >= 0.3 is 6.03 Å². The number of nitrogens with one attached hydrogen (secondary N) is 1. The van der Waals surface area contributed by atoms with Gasteiger partial charge in [-0.05, 0) is 76.9 Å². The molecule has 224 valence electrons. The zero-order valence-corrected chi connectivity index (χ0v) is 24.9. The summed E-state index contributed by atoms with van der Waals surface area (Å²) in [5.41, 5.74) is 8.46. The van der Waals surface area contributed by atoms with E-state index in [0.29, 0.717) is 24.6 Å². The topological polar surface area (TPSA) is 76.1 Å². The molecule has 4 aromatic carbocycles. The third-order valence-corrected chi connectivity index (χ3v) is 9.54. The lowest BCUT2D eigenvalue weighted by Gasteiger charge is -2.37. The molecule has 2 saturated heterocycles. The number of carbonyl (C=O) groups is 2. The van der Waals surface area contributed by atoms with Gasteiger partial charge in [0.15, 0.2) is 0 Å². The number of aromatic hydroxyl groups is 1. The van der Waals surface area contributed by atoms with E-state index in [1.807, 2.05) is 30.3 Å². The predicted octanol–water partition coefficient (Wildman–Crippen LogP) is 6.02. The molecule has 2 N–H and O–H groups in total. The van der Waals surface area contributed by atoms with Crippen molar-refractivity contribution in [3.63, 3.8) is 0 Å². The average Bonchev–Trinajstić information content (AvgIpc) is 3.05. The monoisotopic (exact) mass is 586 g/mol. The van der Waals surface area contributed by atoms with Gasteiger partial charge in [-0.25, -0.2) is 4.79 Å². The lowest BCUT2D eigenvalue weighted by molar-refractivity contribution is -0.120. The number of hydrogen-bond acceptors (Lipinski definition) is 5. The maximum absolute atomic E-state index is 12.5. The summed E-state index contributed by atoms with van der Waals surface area (Å²) in [5.74, 6) is 0.759. The number of benzene rings is 4. The van der Waals surface area contributed by atoms with Crippen molar-refractivity contribution >= 4 is 23.3 Å². The maximum Gasteiger partial charge on any atom is 0.328 e. The van der Waals surface area contributed by atoms with Crippen LogP contribution in [0.2, 0.25) is 0 Å². The molecule has 1 aliphatic carbocycles. The van der Waals surface area contributed by atoms with Gasteiger partial charge in [-0.2, -0.15) is 0 Å². The molecule has 3 amide bonds. The minimum absolute atomic E-state index is 0.215. The number of urea groups is 1. The third kappa shape index (κ3) is 5.67. The summed E-state index contributed by atoms with van der Waals surface area (Å²) in [6.07, 6.45) is 2.34. The summed E-state index contributed by atoms with van der Waals surface area (Å²) in [5, 5.41) is 12.6. The quantitative estimate of drug-likeness (QED) is 0.289. The summed E-state index contributed by atoms with van der Waals surface area (Å²) >= 11 is 0. The van der Waals surface area contributed by atoms with Crippen molar-refractivity contribution in [2.75, 3.05) is 42.5 Å². The van der Waals surface area contributed by atoms with Gasteiger partial charge in [0.25, 0.3) is 0 Å². The Hall–Kier alpha value is -4.62. The van der Waals surface area contributed by atoms with E-state index in [2.05, 4.69) is 81.8 Å². The highest BCUT2D eigenvalue weighted by Gasteiger charge is 2.32. The Balaban J connectivity index is 1.05. The Kier molecular flexibility index (Phi) is 7.79. The third-order valence-electron chi connectivity index (χ3n) is 9.54. The maximum atomic E-state index is 12.5. The lowest BCUT2D eigenvalue weighted by atomic mass is 9.69. The first-order chi connectivity index (χ1) is 21.5. The Morgan fingerprint density at radius 3 is 2.27 bits per heavy atom. The Morgan fingerprint density at radius 2 is 1.50 bits per heavy atom. The standard InChI is InChI=1S/C37H38N4O3/c42-31-15-17-33-28(24-31)12-16-32(26-6-2-1-3-7-26)36(33)27-10-13-30(14-11-27)40-22-20-39(21-23-40)25-29-8-4-5-9-34(29)41-19-18-35(43)38-37(41)44/h1-11,13-15,17,24,32,36,42H,12,16,18-23,25H2,(H,38,43,44)/t32-,36+/m1/s1. The molecule has 0 saturated carbocycles. The van der Waals surface area contributed by atoms with E-state index in [1.165, 1.54) is 27.9 Å². The zero-order chi connectivity index (χ0) is 30.0. The number of amides is 3. The number of imide groups is 1. The summed E-state index contributed by atoms with van der Waals surface area (Å²) in [6, 6.07) is 33.5. The van der Waals surface area contributed by atoms with Crippen LogP contribution in [-0.4, -0.2) is 54.7 Å². The number of carbonyl (C=O) groups excluding carboxylic acids is 2. The molecular weight excluding hydrogens is 548 g/mol. The molecule has 0 unspecified atom stereocenters. The van der Waals surface area contributed by atoms with Crippen molar-refractivity contribution in [1.29, 1.82) is 0 Å². The van der Waals surface area contributed by atoms with Gasteiger partial charge in [0.2, 0.25) is 5.91 Å². The normalized spacial score (nSPS) is 20.7. The first-order valence-corrected chi connectivity index (χ1v) is 15.7. The molecule has 0 aromatic heterocycles. The van der Waals surface area contributed by atoms with Crippen LogP contribution in [0.15, 0.2) is 97.1 Å². The molecule has 2 aliphatic heterocycles. The van der Waals surface area contributed by atoms with Crippen LogP contribution in [0.3, 0.4) is 0 Å². The van der Waals surface area contributed by atoms with Crippen LogP contribution in [0, 0.1) is 0 Å². The summed E-state index contributed by atoms with van der Waals surface area (Å²) in [7, 11) is 0. The fourth-order valence-corrected chi connectivity index (χ4v) is 7.28. The largest absolute Gasteiger partial charge is 0.508 e. The molecule has 2 heterocycles. The number of piperazine rings is 1. The Labute approximate surface area is 258 Å². The number of fused-ring (bicyclic) bond motifs is 1. The highest BCUT2D eigenvalue weighted by molar-refractivity contribution is 6.05. The fraction of sp³-hybridized carbons (Fsp3) is 0.297. The molecule has 2 fully saturated rings. The van der Waals surface area contributed by atoms with Gasteiger partial charge in [-0.3, -0.25) is 19.9 Å². The van der Waals surface area contributed by atoms with Crippen LogP contribution in [0.5, 0.6) is 5.75 Å². The number of rotatable bonds is 6. The van der Waals surface area contributed by atoms with Crippen molar-refractivity contribution in [2.45, 2.75) is 37.6 Å². The number of nitrogens with zero attached hydrogens (tertiary/aromatic N) is 3. The second-order valence-corrected chi connectivity index (χ2v) is 12.2. The van der Waals surface area contributed by atoms with Crippen LogP contribution < -0.4 is 15.1 Å². The minimum Gasteiger partial charge on any atom is -0.508 e. The van der Waals surface area contributed by atoms with Crippen LogP contribution in [0.1, 0.15) is 52.5 Å². The molecule has 7 nitrogen and oxygen atoms in total. The van der Waals surface area contributed by atoms with Crippen molar-refractivity contribution in [3.8, 4) is 5.75 Å². The van der Waals surface area contributed by atoms with Gasteiger partial charge in [0.1, 0.15) is 5.75 Å². The molecule has 0 radical (unpaired) electrons. The van der Waals surface area contributed by atoms with Gasteiger partial charge in [-0.15, -0.1) is 0 Å². The van der Waals surface area contributed by atoms with Crippen LogP contribution in [-0.2, 0) is 17.8 Å². The van der Waals surface area contributed by atoms with Crippen LogP contribution >= 0.6 is 0 Å². The van der Waals surface area contributed by atoms with Crippen LogP contribution in [0.4, 0.5) is 16.2 Å². The highest BCUT2D eigenvalue weighted by Crippen LogP contribution is 2.47. The Bertz CT molecular complexity index is 1650. The van der Waals surface area contributed by atoms with E-state index in [1.54, 1.807) is 4.90 Å². The van der Waals surface area contributed by atoms with Gasteiger partial charge < -0.3 is 10.0 Å². The molecule has 0 bridgehead atoms. The number of aryl methyl sites for hydroxylation is 1. The van der Waals surface area contributed by atoms with Crippen molar-refractivity contribution in [2.24, 2.45) is 0 Å². The second kappa shape index (κ2) is 12.2. The van der Waals surface area contributed by atoms with Crippen LogP contribution in [0.25, 0.3) is 0 Å². The first-order valence-electron chi connectivity index (χ1n) is 15.7. The number of phenols is 1. The molecule has 7 heteroatoms. The van der Waals surface area contributed by atoms with E-state index >= 15 is 0 Å². The molecule has 4 aromatic rings. The molecular formula is C37H38N4O3. The molecule has 7 rings (SSSR count). The van der Waals surface area contributed by atoms with Crippen molar-refractivity contribution in [1.82, 2.24) is 10.2 Å². The van der Waals surface area contributed by atoms with Gasteiger partial charge in [-0.1, -0.05) is 66.7 Å². The number of para-hydroxylation sites is 1.